The number of allylic oxidation sites excluding steroid dienone is 3. The van der Waals surface area contributed by atoms with Gasteiger partial charge in [-0.2, -0.15) is 13.9 Å². The van der Waals surface area contributed by atoms with Crippen LogP contribution in [0.25, 0.3) is 17.1 Å². The third-order valence-corrected chi connectivity index (χ3v) is 7.77. The maximum atomic E-state index is 13.8. The Bertz CT molecular complexity index is 1610. The Balaban J connectivity index is 1.19. The minimum absolute atomic E-state index is 0.0371. The molecule has 0 unspecified atom stereocenters. The molecule has 0 radical (unpaired) electrons. The first-order valence-corrected chi connectivity index (χ1v) is 14.7. The number of primary amides is 1. The zero-order chi connectivity index (χ0) is 31.8. The molecule has 1 aromatic carbocycles. The fourth-order valence-corrected chi connectivity index (χ4v) is 5.56. The van der Waals surface area contributed by atoms with Crippen LogP contribution in [0.15, 0.2) is 35.9 Å². The summed E-state index contributed by atoms with van der Waals surface area (Å²) in [6.07, 6.45) is 9.10. The summed E-state index contributed by atoms with van der Waals surface area (Å²) >= 11 is 0. The van der Waals surface area contributed by atoms with E-state index in [1.54, 1.807) is 24.6 Å². The summed E-state index contributed by atoms with van der Waals surface area (Å²) in [5.74, 6) is -0.396. The maximum absolute atomic E-state index is 13.8. The van der Waals surface area contributed by atoms with Crippen LogP contribution in [-0.4, -0.2) is 60.8 Å². The van der Waals surface area contributed by atoms with Crippen molar-refractivity contribution in [2.75, 3.05) is 6.61 Å². The van der Waals surface area contributed by atoms with Gasteiger partial charge in [-0.3, -0.25) is 9.59 Å². The molecule has 5 rings (SSSR count). The Morgan fingerprint density at radius 2 is 2.00 bits per heavy atom. The molecule has 0 bridgehead atoms. The number of benzene rings is 1. The zero-order valence-electron chi connectivity index (χ0n) is 25.2. The summed E-state index contributed by atoms with van der Waals surface area (Å²) in [7, 11) is 0. The van der Waals surface area contributed by atoms with Gasteiger partial charge in [-0.15, -0.1) is 5.10 Å². The van der Waals surface area contributed by atoms with Gasteiger partial charge in [0.1, 0.15) is 24.0 Å². The molecule has 1 saturated carbocycles. The number of rotatable bonds is 12. The number of ether oxygens (including phenoxy) is 2. The van der Waals surface area contributed by atoms with Crippen molar-refractivity contribution in [1.29, 1.82) is 0 Å². The van der Waals surface area contributed by atoms with Crippen LogP contribution >= 0.6 is 0 Å². The van der Waals surface area contributed by atoms with Crippen LogP contribution in [0.2, 0.25) is 0 Å². The molecule has 0 spiro atoms. The van der Waals surface area contributed by atoms with Crippen molar-refractivity contribution < 1.29 is 33.0 Å². The van der Waals surface area contributed by atoms with Crippen LogP contribution < -0.4 is 20.5 Å². The van der Waals surface area contributed by atoms with E-state index in [9.17, 15) is 23.5 Å². The fourth-order valence-electron chi connectivity index (χ4n) is 5.56. The molecule has 1 fully saturated rings. The first kappa shape index (κ1) is 31.2. The SMILES string of the molecule is CCC1=Cn2nc(OC3CC(C[C@H](C)NC(=O)c4nn(C(F)F)c5cc(OCC(C)(C)O)ccc45)C3)c(C(N)=O)c2CC=C1. The van der Waals surface area contributed by atoms with Gasteiger partial charge in [0, 0.05) is 30.1 Å². The lowest BCUT2D eigenvalue weighted by Gasteiger charge is -2.36. The number of halogens is 2. The normalized spacial score (nSPS) is 18.8. The second-order valence-electron chi connectivity index (χ2n) is 12.1. The molecule has 0 saturated heterocycles. The molecule has 1 atom stereocenters. The van der Waals surface area contributed by atoms with Crippen molar-refractivity contribution in [2.24, 2.45) is 11.7 Å². The van der Waals surface area contributed by atoms with Crippen LogP contribution in [0.1, 0.15) is 86.5 Å². The third kappa shape index (κ3) is 6.77. The Kier molecular flexibility index (Phi) is 8.78. The number of aliphatic hydroxyl groups is 1. The minimum atomic E-state index is -2.96. The number of alkyl halides is 2. The highest BCUT2D eigenvalue weighted by Crippen LogP contribution is 2.36. The first-order chi connectivity index (χ1) is 20.8. The minimum Gasteiger partial charge on any atom is -0.491 e. The van der Waals surface area contributed by atoms with E-state index in [-0.39, 0.29) is 52.9 Å². The van der Waals surface area contributed by atoms with Crippen LogP contribution in [0.5, 0.6) is 11.6 Å². The van der Waals surface area contributed by atoms with E-state index in [1.807, 2.05) is 32.2 Å². The Morgan fingerprint density at radius 3 is 2.66 bits per heavy atom. The van der Waals surface area contributed by atoms with Crippen molar-refractivity contribution in [1.82, 2.24) is 24.9 Å². The lowest BCUT2D eigenvalue weighted by atomic mass is 9.78. The summed E-state index contributed by atoms with van der Waals surface area (Å²) in [4.78, 5) is 25.4. The molecule has 236 valence electrons. The van der Waals surface area contributed by atoms with Crippen molar-refractivity contribution in [3.8, 4) is 11.6 Å². The van der Waals surface area contributed by atoms with Crippen molar-refractivity contribution in [3.05, 3.63) is 52.9 Å². The Labute approximate surface area is 253 Å². The highest BCUT2D eigenvalue weighted by molar-refractivity contribution is 6.05. The number of aromatic nitrogens is 4. The molecular weight excluding hydrogens is 574 g/mol. The standard InChI is InChI=1S/C31H38F2N6O5/c1-5-18-7-6-8-23-25(27(34)40)29(37-38(23)15-18)44-21-12-19(13-21)11-17(2)35-28(41)26-22-10-9-20(43-16-31(3,4)42)14-24(22)39(36-26)30(32)33/h6-7,9-10,14-15,17,19,21,30,42H,5,8,11-13,16H2,1-4H3,(H2,34,40)(H,35,41)/t17-,19?,21?/m0/s1. The molecular formula is C31H38F2N6O5. The van der Waals surface area contributed by atoms with Gasteiger partial charge in [0.15, 0.2) is 5.69 Å². The Hall–Kier alpha value is -4.26. The third-order valence-electron chi connectivity index (χ3n) is 7.77. The number of fused-ring (bicyclic) bond motifs is 2. The topological polar surface area (TPSA) is 147 Å². The van der Waals surface area contributed by atoms with Gasteiger partial charge in [0.05, 0.1) is 16.8 Å². The van der Waals surface area contributed by atoms with Crippen LogP contribution in [0.3, 0.4) is 0 Å². The van der Waals surface area contributed by atoms with E-state index >= 15 is 0 Å². The lowest BCUT2D eigenvalue weighted by molar-refractivity contribution is 0.0284. The van der Waals surface area contributed by atoms with E-state index < -0.39 is 24.0 Å². The summed E-state index contributed by atoms with van der Waals surface area (Å²) < 4.78 is 41.4. The van der Waals surface area contributed by atoms with Crippen LogP contribution in [0, 0.1) is 5.92 Å². The first-order valence-electron chi connectivity index (χ1n) is 14.7. The quantitative estimate of drug-likeness (QED) is 0.271. The van der Waals surface area contributed by atoms with Crippen molar-refractivity contribution >= 4 is 28.9 Å². The second kappa shape index (κ2) is 12.4. The molecule has 3 heterocycles. The van der Waals surface area contributed by atoms with Gasteiger partial charge in [0.25, 0.3) is 11.8 Å². The predicted octanol–water partition coefficient (Wildman–Crippen LogP) is 4.61. The molecule has 3 aromatic rings. The van der Waals surface area contributed by atoms with E-state index in [0.717, 1.165) is 12.0 Å². The van der Waals surface area contributed by atoms with Gasteiger partial charge in [0.2, 0.25) is 5.88 Å². The molecule has 2 aromatic heterocycles. The average Bonchev–Trinajstić information content (AvgIpc) is 3.41. The smallest absolute Gasteiger partial charge is 0.333 e. The molecule has 44 heavy (non-hydrogen) atoms. The zero-order valence-corrected chi connectivity index (χ0v) is 25.2. The lowest BCUT2D eigenvalue weighted by Crippen LogP contribution is -2.40. The van der Waals surface area contributed by atoms with Crippen molar-refractivity contribution in [2.45, 2.75) is 84.1 Å². The van der Waals surface area contributed by atoms with Crippen LogP contribution in [-0.2, 0) is 6.42 Å². The van der Waals surface area contributed by atoms with Gasteiger partial charge < -0.3 is 25.6 Å². The Morgan fingerprint density at radius 1 is 1.25 bits per heavy atom. The molecule has 11 nitrogen and oxygen atoms in total. The molecule has 4 N–H and O–H groups in total. The highest BCUT2D eigenvalue weighted by Gasteiger charge is 2.35. The summed E-state index contributed by atoms with van der Waals surface area (Å²) in [6.45, 7) is 4.03. The van der Waals surface area contributed by atoms with E-state index in [0.29, 0.717) is 41.6 Å². The monoisotopic (exact) mass is 612 g/mol. The number of carbonyl (C=O) groups excluding carboxylic acids is 2. The number of nitrogens with two attached hydrogens (primary N) is 1. The predicted molar refractivity (Wildman–Crippen MR) is 160 cm³/mol. The number of nitrogens with zero attached hydrogens (tertiary/aromatic N) is 4. The number of amides is 2. The van der Waals surface area contributed by atoms with E-state index in [4.69, 9.17) is 15.2 Å². The molecule has 1 aliphatic heterocycles. The van der Waals surface area contributed by atoms with Gasteiger partial charge >= 0.3 is 6.55 Å². The molecule has 1 aliphatic carbocycles. The maximum Gasteiger partial charge on any atom is 0.333 e. The van der Waals surface area contributed by atoms with E-state index in [2.05, 4.69) is 15.5 Å². The largest absolute Gasteiger partial charge is 0.491 e. The number of hydrogen-bond acceptors (Lipinski definition) is 7. The molecule has 2 amide bonds. The average molecular weight is 613 g/mol. The highest BCUT2D eigenvalue weighted by atomic mass is 19.3. The number of nitrogens with one attached hydrogen (secondary N) is 1. The van der Waals surface area contributed by atoms with Gasteiger partial charge in [-0.1, -0.05) is 19.1 Å². The fraction of sp³-hybridized carbons (Fsp3) is 0.484. The summed E-state index contributed by atoms with van der Waals surface area (Å²) in [6, 6.07) is 4.19. The van der Waals surface area contributed by atoms with Crippen molar-refractivity contribution in [3.63, 3.8) is 0 Å². The second-order valence-corrected chi connectivity index (χ2v) is 12.1. The van der Waals surface area contributed by atoms with E-state index in [1.165, 1.54) is 12.1 Å². The van der Waals surface area contributed by atoms with Crippen LogP contribution in [0.4, 0.5) is 8.78 Å². The van der Waals surface area contributed by atoms with Gasteiger partial charge in [-0.25, -0.2) is 9.36 Å². The summed E-state index contributed by atoms with van der Waals surface area (Å²) in [5.41, 5.74) is 6.59. The number of carbonyl (C=O) groups is 2. The molecule has 2 aliphatic rings. The molecule has 13 heteroatoms. The van der Waals surface area contributed by atoms with Gasteiger partial charge in [-0.05, 0) is 70.1 Å². The summed E-state index contributed by atoms with van der Waals surface area (Å²) in [5, 5.41) is 21.5. The number of hydrogen-bond donors (Lipinski definition) is 3.